The lowest BCUT2D eigenvalue weighted by atomic mass is 10.0. The molecule has 194 valence electrons. The Balaban J connectivity index is 3.02. The number of carboxylic acid groups (broad SMARTS) is 1. The van der Waals surface area contributed by atoms with Gasteiger partial charge in [-0.2, -0.15) is 0 Å². The number of amides is 3. The summed E-state index contributed by atoms with van der Waals surface area (Å²) in [5.74, 6) is -3.83. The van der Waals surface area contributed by atoms with Gasteiger partial charge in [-0.05, 0) is 37.5 Å². The Bertz CT molecular complexity index is 902. The van der Waals surface area contributed by atoms with Crippen LogP contribution >= 0.6 is 0 Å². The summed E-state index contributed by atoms with van der Waals surface area (Å²) in [6, 6.07) is 0.918. The number of nitrogens with zero attached hydrogens (tertiary/aromatic N) is 1. The van der Waals surface area contributed by atoms with Gasteiger partial charge in [0.2, 0.25) is 17.7 Å². The molecule has 0 saturated carbocycles. The van der Waals surface area contributed by atoms with E-state index in [1.807, 2.05) is 0 Å². The molecule has 3 amide bonds. The van der Waals surface area contributed by atoms with E-state index < -0.39 is 54.5 Å². The Labute approximate surface area is 201 Å². The van der Waals surface area contributed by atoms with E-state index >= 15 is 0 Å². The number of aliphatic carboxylic acids is 1. The van der Waals surface area contributed by atoms with Crippen LogP contribution in [0.5, 0.6) is 5.75 Å². The molecule has 35 heavy (non-hydrogen) atoms. The zero-order valence-corrected chi connectivity index (χ0v) is 19.3. The van der Waals surface area contributed by atoms with E-state index in [-0.39, 0.29) is 37.5 Å². The second-order valence-electron chi connectivity index (χ2n) is 7.81. The molecule has 0 bridgehead atoms. The Morgan fingerprint density at radius 1 is 0.943 bits per heavy atom. The zero-order chi connectivity index (χ0) is 26.5. The highest BCUT2D eigenvalue weighted by atomic mass is 16.4. The molecule has 0 aliphatic heterocycles. The number of aliphatic hydroxyl groups excluding tert-OH is 1. The maximum absolute atomic E-state index is 13.0. The van der Waals surface area contributed by atoms with Gasteiger partial charge in [-0.3, -0.25) is 19.4 Å². The van der Waals surface area contributed by atoms with Crippen molar-refractivity contribution in [1.29, 1.82) is 0 Å². The van der Waals surface area contributed by atoms with E-state index in [4.69, 9.17) is 17.2 Å². The normalized spacial score (nSPS) is 14.0. The summed E-state index contributed by atoms with van der Waals surface area (Å²) in [6.45, 7) is 0.787. The van der Waals surface area contributed by atoms with Crippen LogP contribution in [0.4, 0.5) is 0 Å². The first-order valence-electron chi connectivity index (χ1n) is 10.8. The lowest BCUT2D eigenvalue weighted by molar-refractivity contribution is -0.142. The van der Waals surface area contributed by atoms with Gasteiger partial charge in [0.1, 0.15) is 23.9 Å². The number of phenolic OH excluding ortho intramolecular Hbond substituents is 1. The Hall–Kier alpha value is -3.91. The summed E-state index contributed by atoms with van der Waals surface area (Å²) >= 11 is 0. The number of nitrogens with one attached hydrogen (secondary N) is 3. The van der Waals surface area contributed by atoms with E-state index in [2.05, 4.69) is 20.9 Å². The van der Waals surface area contributed by atoms with Crippen LogP contribution in [0.1, 0.15) is 25.3 Å². The summed E-state index contributed by atoms with van der Waals surface area (Å²) in [4.78, 5) is 52.9. The Morgan fingerprint density at radius 2 is 1.49 bits per heavy atom. The van der Waals surface area contributed by atoms with Gasteiger partial charge in [-0.1, -0.05) is 12.1 Å². The summed E-state index contributed by atoms with van der Waals surface area (Å²) in [6.07, 6.45) is 0.207. The average molecular weight is 496 g/mol. The van der Waals surface area contributed by atoms with Crippen LogP contribution in [-0.2, 0) is 25.6 Å². The summed E-state index contributed by atoms with van der Waals surface area (Å²) in [7, 11) is 0. The van der Waals surface area contributed by atoms with Gasteiger partial charge < -0.3 is 48.5 Å². The van der Waals surface area contributed by atoms with Crippen molar-refractivity contribution < 1.29 is 34.5 Å². The van der Waals surface area contributed by atoms with E-state index in [9.17, 15) is 34.5 Å². The summed E-state index contributed by atoms with van der Waals surface area (Å²) in [5, 5.41) is 35.6. The first kappa shape index (κ1) is 29.1. The first-order valence-corrected chi connectivity index (χ1v) is 10.8. The third-order valence-electron chi connectivity index (χ3n) is 4.80. The highest BCUT2D eigenvalue weighted by Crippen LogP contribution is 2.12. The fourth-order valence-electron chi connectivity index (χ4n) is 2.88. The minimum Gasteiger partial charge on any atom is -0.508 e. The van der Waals surface area contributed by atoms with Gasteiger partial charge in [-0.25, -0.2) is 4.79 Å². The summed E-state index contributed by atoms with van der Waals surface area (Å²) < 4.78 is 0. The first-order chi connectivity index (χ1) is 16.4. The predicted octanol–water partition coefficient (Wildman–Crippen LogP) is -3.13. The van der Waals surface area contributed by atoms with Crippen molar-refractivity contribution >= 4 is 29.7 Å². The molecular formula is C21H33N7O7. The second-order valence-corrected chi connectivity index (χ2v) is 7.81. The van der Waals surface area contributed by atoms with Crippen molar-refractivity contribution in [3.63, 3.8) is 0 Å². The Morgan fingerprint density at radius 3 is 2.00 bits per heavy atom. The van der Waals surface area contributed by atoms with Crippen LogP contribution in [0.2, 0.25) is 0 Å². The van der Waals surface area contributed by atoms with Crippen molar-refractivity contribution in [1.82, 2.24) is 16.0 Å². The SMILES string of the molecule is CC(N)C(=O)NC(CO)C(=O)NC(Cc1ccc(O)cc1)C(=O)NC(CCCN=C(N)N)C(=O)O. The van der Waals surface area contributed by atoms with Crippen molar-refractivity contribution in [2.75, 3.05) is 13.2 Å². The number of aliphatic hydroxyl groups is 1. The number of hydrogen-bond acceptors (Lipinski definition) is 8. The third kappa shape index (κ3) is 10.7. The van der Waals surface area contributed by atoms with Crippen molar-refractivity contribution in [3.8, 4) is 5.75 Å². The van der Waals surface area contributed by atoms with Gasteiger partial charge in [0, 0.05) is 13.0 Å². The molecule has 0 aromatic heterocycles. The fourth-order valence-corrected chi connectivity index (χ4v) is 2.88. The molecule has 4 unspecified atom stereocenters. The van der Waals surface area contributed by atoms with Crippen molar-refractivity contribution in [3.05, 3.63) is 29.8 Å². The van der Waals surface area contributed by atoms with Crippen molar-refractivity contribution in [2.24, 2.45) is 22.2 Å². The quantitative estimate of drug-likeness (QED) is 0.0712. The molecule has 0 spiro atoms. The van der Waals surface area contributed by atoms with Crippen LogP contribution in [-0.4, -0.2) is 82.3 Å². The molecule has 14 heteroatoms. The predicted molar refractivity (Wildman–Crippen MR) is 126 cm³/mol. The van der Waals surface area contributed by atoms with Crippen LogP contribution in [0, 0.1) is 0 Å². The second kappa shape index (κ2) is 14.4. The standard InChI is InChI=1S/C21H33N7O7/c1-11(22)17(31)28-16(10-29)19(33)27-15(9-12-4-6-13(30)7-5-12)18(32)26-14(20(34)35)3-2-8-25-21(23)24/h4-7,11,14-16,29-30H,2-3,8-10,22H2,1H3,(H,26,32)(H,27,33)(H,28,31)(H,34,35)(H4,23,24,25). The maximum Gasteiger partial charge on any atom is 0.326 e. The molecule has 0 radical (unpaired) electrons. The average Bonchev–Trinajstić information content (AvgIpc) is 2.79. The molecule has 0 heterocycles. The highest BCUT2D eigenvalue weighted by Gasteiger charge is 2.29. The van der Waals surface area contributed by atoms with E-state index in [1.165, 1.54) is 31.2 Å². The Kier molecular flexibility index (Phi) is 12.0. The number of nitrogens with two attached hydrogens (primary N) is 3. The van der Waals surface area contributed by atoms with Crippen molar-refractivity contribution in [2.45, 2.75) is 50.4 Å². The van der Waals surface area contributed by atoms with Crippen LogP contribution in [0.15, 0.2) is 29.3 Å². The lowest BCUT2D eigenvalue weighted by Crippen LogP contribution is -2.58. The van der Waals surface area contributed by atoms with E-state index in [0.29, 0.717) is 5.56 Å². The molecule has 1 aromatic rings. The van der Waals surface area contributed by atoms with Gasteiger partial charge in [-0.15, -0.1) is 0 Å². The third-order valence-corrected chi connectivity index (χ3v) is 4.80. The van der Waals surface area contributed by atoms with Crippen LogP contribution in [0.25, 0.3) is 0 Å². The van der Waals surface area contributed by atoms with Crippen LogP contribution < -0.4 is 33.2 Å². The number of rotatable bonds is 14. The topological polar surface area (TPSA) is 255 Å². The number of carboxylic acids is 1. The molecule has 4 atom stereocenters. The molecule has 12 N–H and O–H groups in total. The number of hydrogen-bond donors (Lipinski definition) is 9. The maximum atomic E-state index is 13.0. The number of carbonyl (C=O) groups is 4. The van der Waals surface area contributed by atoms with Crippen LogP contribution in [0.3, 0.4) is 0 Å². The van der Waals surface area contributed by atoms with Gasteiger partial charge in [0.05, 0.1) is 12.6 Å². The molecule has 14 nitrogen and oxygen atoms in total. The molecule has 0 saturated heterocycles. The van der Waals surface area contributed by atoms with E-state index in [0.717, 1.165) is 0 Å². The molecule has 1 aromatic carbocycles. The number of benzene rings is 1. The zero-order valence-electron chi connectivity index (χ0n) is 19.3. The lowest BCUT2D eigenvalue weighted by Gasteiger charge is -2.24. The number of carbonyl (C=O) groups excluding carboxylic acids is 3. The molecule has 0 aliphatic rings. The van der Waals surface area contributed by atoms with E-state index in [1.54, 1.807) is 0 Å². The van der Waals surface area contributed by atoms with Gasteiger partial charge >= 0.3 is 5.97 Å². The molecule has 1 rings (SSSR count). The molecular weight excluding hydrogens is 462 g/mol. The molecule has 0 aliphatic carbocycles. The van der Waals surface area contributed by atoms with Gasteiger partial charge in [0.25, 0.3) is 0 Å². The number of aromatic hydroxyl groups is 1. The number of guanidine groups is 1. The monoisotopic (exact) mass is 495 g/mol. The smallest absolute Gasteiger partial charge is 0.326 e. The minimum atomic E-state index is -1.39. The summed E-state index contributed by atoms with van der Waals surface area (Å²) in [5.41, 5.74) is 16.5. The number of aliphatic imine (C=N–C) groups is 1. The largest absolute Gasteiger partial charge is 0.508 e. The molecule has 0 fully saturated rings. The fraction of sp³-hybridized carbons (Fsp3) is 0.476. The minimum absolute atomic E-state index is 0.00975. The van der Waals surface area contributed by atoms with Gasteiger partial charge in [0.15, 0.2) is 5.96 Å². The number of phenols is 1. The highest BCUT2D eigenvalue weighted by molar-refractivity contribution is 5.94.